The molecular formula is C22H26N2O6S. The summed E-state index contributed by atoms with van der Waals surface area (Å²) in [5.74, 6) is -1.20. The average Bonchev–Trinajstić information content (AvgIpc) is 2.70. The topological polar surface area (TPSA) is 125 Å². The van der Waals surface area contributed by atoms with Gasteiger partial charge in [-0.15, -0.1) is 0 Å². The molecule has 2 aromatic rings. The van der Waals surface area contributed by atoms with Crippen LogP contribution in [0, 0.1) is 0 Å². The standard InChI is InChI=1S/C22H26N2O6S/c1-22(2,3)29-21(26)24-14-19(23)20(25)30-31(27,28)15-18(16-10-6-4-7-11-16)17-12-8-5-9-13-17/h4-13,15,19H,14,23H2,1-3H3,(H,24,26)/t19-/m0/s1. The highest BCUT2D eigenvalue weighted by Crippen LogP contribution is 2.24. The maximum Gasteiger partial charge on any atom is 0.407 e. The molecule has 1 atom stereocenters. The minimum atomic E-state index is -4.42. The van der Waals surface area contributed by atoms with Crippen LogP contribution in [0.2, 0.25) is 0 Å². The van der Waals surface area contributed by atoms with E-state index in [1.807, 2.05) is 0 Å². The predicted octanol–water partition coefficient (Wildman–Crippen LogP) is 2.80. The van der Waals surface area contributed by atoms with Crippen LogP contribution in [0.25, 0.3) is 5.57 Å². The molecule has 0 saturated carbocycles. The Balaban J connectivity index is 2.14. The highest BCUT2D eigenvalue weighted by atomic mass is 32.2. The number of carbonyl (C=O) groups excluding carboxylic acids is 2. The van der Waals surface area contributed by atoms with Crippen molar-refractivity contribution in [3.8, 4) is 0 Å². The lowest BCUT2D eigenvalue weighted by Crippen LogP contribution is -2.45. The van der Waals surface area contributed by atoms with Gasteiger partial charge in [0.05, 0.1) is 5.41 Å². The fraction of sp³-hybridized carbons (Fsp3) is 0.273. The second-order valence-electron chi connectivity index (χ2n) is 7.65. The summed E-state index contributed by atoms with van der Waals surface area (Å²) in [6.07, 6.45) is -0.783. The van der Waals surface area contributed by atoms with E-state index in [2.05, 4.69) is 9.50 Å². The second-order valence-corrected chi connectivity index (χ2v) is 9.04. The number of nitrogens with two attached hydrogens (primary N) is 1. The zero-order chi connectivity index (χ0) is 23.1. The van der Waals surface area contributed by atoms with Crippen molar-refractivity contribution in [2.45, 2.75) is 32.4 Å². The number of carbonyl (C=O) groups is 2. The fourth-order valence-electron chi connectivity index (χ4n) is 2.47. The first-order valence-electron chi connectivity index (χ1n) is 9.50. The Hall–Kier alpha value is -3.17. The van der Waals surface area contributed by atoms with Crippen molar-refractivity contribution >= 4 is 27.8 Å². The van der Waals surface area contributed by atoms with Crippen molar-refractivity contribution in [2.24, 2.45) is 5.73 Å². The fourth-order valence-corrected chi connectivity index (χ4v) is 3.44. The molecule has 0 aliphatic rings. The van der Waals surface area contributed by atoms with Gasteiger partial charge in [-0.3, -0.25) is 0 Å². The van der Waals surface area contributed by atoms with E-state index in [-0.39, 0.29) is 6.54 Å². The summed E-state index contributed by atoms with van der Waals surface area (Å²) in [4.78, 5) is 23.8. The number of hydrogen-bond donors (Lipinski definition) is 2. The molecule has 0 saturated heterocycles. The summed E-state index contributed by atoms with van der Waals surface area (Å²) in [6.45, 7) is 4.68. The van der Waals surface area contributed by atoms with Crippen LogP contribution in [0.4, 0.5) is 4.79 Å². The molecule has 0 radical (unpaired) electrons. The van der Waals surface area contributed by atoms with Crippen molar-refractivity contribution in [3.63, 3.8) is 0 Å². The first-order chi connectivity index (χ1) is 14.5. The van der Waals surface area contributed by atoms with Gasteiger partial charge in [0.1, 0.15) is 11.6 Å². The van der Waals surface area contributed by atoms with Crippen LogP contribution < -0.4 is 11.1 Å². The van der Waals surface area contributed by atoms with Crippen LogP contribution in [-0.2, 0) is 23.8 Å². The molecule has 0 heterocycles. The normalized spacial score (nSPS) is 12.4. The minimum Gasteiger partial charge on any atom is -0.444 e. The largest absolute Gasteiger partial charge is 0.444 e. The Morgan fingerprint density at radius 3 is 1.94 bits per heavy atom. The maximum atomic E-state index is 12.5. The van der Waals surface area contributed by atoms with Crippen LogP contribution >= 0.6 is 0 Å². The van der Waals surface area contributed by atoms with Gasteiger partial charge in [-0.25, -0.2) is 9.59 Å². The Labute approximate surface area is 182 Å². The molecule has 0 fully saturated rings. The van der Waals surface area contributed by atoms with Crippen LogP contribution in [0.5, 0.6) is 0 Å². The first-order valence-corrected chi connectivity index (χ1v) is 11.0. The summed E-state index contributed by atoms with van der Waals surface area (Å²) in [5, 5.41) is 3.18. The zero-order valence-electron chi connectivity index (χ0n) is 17.6. The SMILES string of the molecule is CC(C)(C)OC(=O)NC[C@H](N)C(=O)OS(=O)(=O)C=C(c1ccccc1)c1ccccc1. The first kappa shape index (κ1) is 24.1. The zero-order valence-corrected chi connectivity index (χ0v) is 18.4. The molecule has 8 nitrogen and oxygen atoms in total. The minimum absolute atomic E-state index is 0.350. The number of amides is 1. The van der Waals surface area contributed by atoms with Crippen molar-refractivity contribution in [2.75, 3.05) is 6.54 Å². The van der Waals surface area contributed by atoms with E-state index in [1.54, 1.807) is 81.4 Å². The van der Waals surface area contributed by atoms with E-state index < -0.39 is 33.8 Å². The molecule has 0 unspecified atom stereocenters. The number of ether oxygens (including phenoxy) is 1. The van der Waals surface area contributed by atoms with Crippen LogP contribution in [0.1, 0.15) is 31.9 Å². The molecule has 3 N–H and O–H groups in total. The molecule has 166 valence electrons. The number of rotatable bonds is 7. The summed E-state index contributed by atoms with van der Waals surface area (Å²) in [7, 11) is -4.42. The third-order valence-electron chi connectivity index (χ3n) is 3.80. The molecule has 0 aliphatic heterocycles. The lowest BCUT2D eigenvalue weighted by Gasteiger charge is -2.20. The van der Waals surface area contributed by atoms with Crippen LogP contribution in [0.15, 0.2) is 66.1 Å². The van der Waals surface area contributed by atoms with Gasteiger partial charge in [0.15, 0.2) is 0 Å². The quantitative estimate of drug-likeness (QED) is 0.627. The highest BCUT2D eigenvalue weighted by Gasteiger charge is 2.24. The van der Waals surface area contributed by atoms with Crippen molar-refractivity contribution < 1.29 is 26.9 Å². The van der Waals surface area contributed by atoms with E-state index in [9.17, 15) is 18.0 Å². The van der Waals surface area contributed by atoms with Gasteiger partial charge in [0.25, 0.3) is 0 Å². The smallest absolute Gasteiger partial charge is 0.407 e. The van der Waals surface area contributed by atoms with E-state index in [0.717, 1.165) is 5.41 Å². The number of hydrogen-bond acceptors (Lipinski definition) is 7. The van der Waals surface area contributed by atoms with Gasteiger partial charge in [-0.05, 0) is 31.9 Å². The van der Waals surface area contributed by atoms with Gasteiger partial charge in [-0.2, -0.15) is 8.42 Å². The Morgan fingerprint density at radius 1 is 1.00 bits per heavy atom. The van der Waals surface area contributed by atoms with Crippen LogP contribution in [0.3, 0.4) is 0 Å². The average molecular weight is 447 g/mol. The van der Waals surface area contributed by atoms with Gasteiger partial charge in [0, 0.05) is 12.1 Å². The van der Waals surface area contributed by atoms with Gasteiger partial charge in [-0.1, -0.05) is 60.7 Å². The van der Waals surface area contributed by atoms with Gasteiger partial charge < -0.3 is 20.0 Å². The molecule has 2 aromatic carbocycles. The molecule has 9 heteroatoms. The Bertz CT molecular complexity index is 987. The second kappa shape index (κ2) is 10.2. The number of nitrogens with one attached hydrogen (secondary N) is 1. The summed E-state index contributed by atoms with van der Waals surface area (Å²) in [6, 6.07) is 16.2. The summed E-state index contributed by atoms with van der Waals surface area (Å²) < 4.78 is 34.8. The van der Waals surface area contributed by atoms with E-state index >= 15 is 0 Å². The molecule has 2 rings (SSSR count). The lowest BCUT2D eigenvalue weighted by molar-refractivity contribution is -0.135. The molecule has 0 aliphatic carbocycles. The van der Waals surface area contributed by atoms with Gasteiger partial charge >= 0.3 is 22.2 Å². The molecule has 1 amide bonds. The van der Waals surface area contributed by atoms with Crippen molar-refractivity contribution in [1.82, 2.24) is 5.32 Å². The van der Waals surface area contributed by atoms with Crippen molar-refractivity contribution in [1.29, 1.82) is 0 Å². The maximum absolute atomic E-state index is 12.5. The number of alkyl carbamates (subject to hydrolysis) is 1. The van der Waals surface area contributed by atoms with E-state index in [1.165, 1.54) is 0 Å². The third kappa shape index (κ3) is 8.23. The van der Waals surface area contributed by atoms with Crippen molar-refractivity contribution in [3.05, 3.63) is 77.2 Å². The molecule has 0 aromatic heterocycles. The number of benzene rings is 2. The molecule has 0 spiro atoms. The lowest BCUT2D eigenvalue weighted by atomic mass is 10.00. The predicted molar refractivity (Wildman–Crippen MR) is 117 cm³/mol. The third-order valence-corrected chi connectivity index (χ3v) is 4.72. The monoisotopic (exact) mass is 446 g/mol. The summed E-state index contributed by atoms with van der Waals surface area (Å²) in [5.41, 5.74) is 6.55. The van der Waals surface area contributed by atoms with Gasteiger partial charge in [0.2, 0.25) is 0 Å². The molecule has 0 bridgehead atoms. The summed E-state index contributed by atoms with van der Waals surface area (Å²) >= 11 is 0. The van der Waals surface area contributed by atoms with E-state index in [0.29, 0.717) is 16.7 Å². The molecular weight excluding hydrogens is 420 g/mol. The Kier molecular flexibility index (Phi) is 7.95. The van der Waals surface area contributed by atoms with Crippen LogP contribution in [-0.4, -0.2) is 38.7 Å². The Morgan fingerprint density at radius 2 is 1.48 bits per heavy atom. The van der Waals surface area contributed by atoms with E-state index in [4.69, 9.17) is 10.5 Å². The molecule has 31 heavy (non-hydrogen) atoms. The highest BCUT2D eigenvalue weighted by molar-refractivity contribution is 7.90.